The van der Waals surface area contributed by atoms with Gasteiger partial charge in [-0.2, -0.15) is 5.10 Å². The Bertz CT molecular complexity index is 874. The van der Waals surface area contributed by atoms with Crippen molar-refractivity contribution in [2.75, 3.05) is 0 Å². The predicted molar refractivity (Wildman–Crippen MR) is 90.8 cm³/mol. The molecule has 0 fully saturated rings. The number of fused-ring (bicyclic) bond motifs is 3. The minimum absolute atomic E-state index is 0.197. The molecule has 0 saturated heterocycles. The number of nitrogens with zero attached hydrogens (tertiary/aromatic N) is 1. The highest BCUT2D eigenvalue weighted by molar-refractivity contribution is 6.07. The molecule has 3 N–H and O–H groups in total. The number of carbonyl (C=O) groups excluding carboxylic acids is 1. The van der Waals surface area contributed by atoms with E-state index < -0.39 is 0 Å². The minimum Gasteiger partial charge on any atom is -0.360 e. The van der Waals surface area contributed by atoms with Crippen molar-refractivity contribution in [2.24, 2.45) is 5.10 Å². The molecule has 1 amide bonds. The molecule has 5 heteroatoms. The van der Waals surface area contributed by atoms with Crippen LogP contribution in [0.4, 0.5) is 0 Å². The summed E-state index contributed by atoms with van der Waals surface area (Å²) in [6.07, 6.45) is 7.99. The summed E-state index contributed by atoms with van der Waals surface area (Å²) in [6, 6.07) is 9.64. The first-order valence-electron chi connectivity index (χ1n) is 7.92. The van der Waals surface area contributed by atoms with Crippen LogP contribution in [0.2, 0.25) is 0 Å². The fraction of sp³-hybridized carbons (Fsp3) is 0.222. The van der Waals surface area contributed by atoms with Crippen LogP contribution in [0.25, 0.3) is 10.9 Å². The normalized spacial score (nSPS) is 14.3. The number of para-hydroxylation sites is 1. The van der Waals surface area contributed by atoms with Gasteiger partial charge in [0.25, 0.3) is 5.91 Å². The van der Waals surface area contributed by atoms with Gasteiger partial charge in [-0.15, -0.1) is 0 Å². The van der Waals surface area contributed by atoms with Crippen molar-refractivity contribution in [1.29, 1.82) is 0 Å². The van der Waals surface area contributed by atoms with Gasteiger partial charge in [-0.3, -0.25) is 4.79 Å². The maximum atomic E-state index is 12.4. The van der Waals surface area contributed by atoms with Crippen LogP contribution in [0.5, 0.6) is 0 Å². The number of hydrogen-bond acceptors (Lipinski definition) is 2. The van der Waals surface area contributed by atoms with Gasteiger partial charge in [-0.05, 0) is 49.4 Å². The summed E-state index contributed by atoms with van der Waals surface area (Å²) in [7, 11) is 0. The summed E-state index contributed by atoms with van der Waals surface area (Å²) in [5, 5.41) is 5.18. The highest BCUT2D eigenvalue weighted by atomic mass is 16.2. The number of amides is 1. The maximum Gasteiger partial charge on any atom is 0.273 e. The molecule has 0 saturated carbocycles. The summed E-state index contributed by atoms with van der Waals surface area (Å²) in [5.74, 6) is -0.197. The molecule has 3 aromatic rings. The number of H-pyrrole nitrogens is 2. The van der Waals surface area contributed by atoms with E-state index in [1.807, 2.05) is 30.5 Å². The van der Waals surface area contributed by atoms with Crippen molar-refractivity contribution >= 4 is 23.0 Å². The molecule has 0 bridgehead atoms. The SMILES string of the molecule is O=C(N/N=C\c1ccc[nH]1)c1cccc2c3c([nH]c12)CCCC3. The van der Waals surface area contributed by atoms with E-state index in [2.05, 4.69) is 26.6 Å². The first-order valence-corrected chi connectivity index (χ1v) is 7.92. The van der Waals surface area contributed by atoms with Crippen LogP contribution >= 0.6 is 0 Å². The summed E-state index contributed by atoms with van der Waals surface area (Å²) in [6.45, 7) is 0. The van der Waals surface area contributed by atoms with Gasteiger partial charge in [-0.25, -0.2) is 5.43 Å². The Balaban J connectivity index is 1.63. The smallest absolute Gasteiger partial charge is 0.273 e. The summed E-state index contributed by atoms with van der Waals surface area (Å²) in [4.78, 5) is 18.9. The first-order chi connectivity index (χ1) is 11.3. The van der Waals surface area contributed by atoms with E-state index in [9.17, 15) is 4.79 Å². The molecule has 0 radical (unpaired) electrons. The predicted octanol–water partition coefficient (Wildman–Crippen LogP) is 3.14. The van der Waals surface area contributed by atoms with Crippen LogP contribution in [0.3, 0.4) is 0 Å². The van der Waals surface area contributed by atoms with E-state index in [4.69, 9.17) is 0 Å². The molecule has 4 rings (SSSR count). The van der Waals surface area contributed by atoms with Crippen molar-refractivity contribution in [1.82, 2.24) is 15.4 Å². The molecule has 2 aromatic heterocycles. The van der Waals surface area contributed by atoms with Crippen LogP contribution in [0.15, 0.2) is 41.6 Å². The standard InChI is InChI=1S/C18H18N4O/c23-18(22-20-11-12-5-4-10-19-12)15-8-3-7-14-13-6-1-2-9-16(13)21-17(14)15/h3-5,7-8,10-11,19,21H,1-2,6,9H2,(H,22,23)/b20-11-. The lowest BCUT2D eigenvalue weighted by atomic mass is 9.95. The molecule has 0 unspecified atom stereocenters. The van der Waals surface area contributed by atoms with Gasteiger partial charge in [0.1, 0.15) is 0 Å². The lowest BCUT2D eigenvalue weighted by Crippen LogP contribution is -2.18. The van der Waals surface area contributed by atoms with E-state index in [1.54, 1.807) is 6.21 Å². The lowest BCUT2D eigenvalue weighted by Gasteiger charge is -2.10. The Morgan fingerprint density at radius 2 is 2.09 bits per heavy atom. The lowest BCUT2D eigenvalue weighted by molar-refractivity contribution is 0.0956. The number of hydrogen-bond donors (Lipinski definition) is 3. The van der Waals surface area contributed by atoms with Crippen LogP contribution < -0.4 is 5.43 Å². The van der Waals surface area contributed by atoms with Crippen LogP contribution in [-0.4, -0.2) is 22.1 Å². The first kappa shape index (κ1) is 13.8. The van der Waals surface area contributed by atoms with E-state index in [0.717, 1.165) is 24.1 Å². The quantitative estimate of drug-likeness (QED) is 0.505. The van der Waals surface area contributed by atoms with Crippen LogP contribution in [0, 0.1) is 0 Å². The van der Waals surface area contributed by atoms with Gasteiger partial charge in [0.2, 0.25) is 0 Å². The summed E-state index contributed by atoms with van der Waals surface area (Å²) >= 11 is 0. The van der Waals surface area contributed by atoms with Crippen molar-refractivity contribution in [3.8, 4) is 0 Å². The molecule has 0 spiro atoms. The monoisotopic (exact) mass is 306 g/mol. The number of aromatic amines is 2. The number of nitrogens with one attached hydrogen (secondary N) is 3. The molecule has 1 aliphatic rings. The van der Waals surface area contributed by atoms with Gasteiger partial charge >= 0.3 is 0 Å². The van der Waals surface area contributed by atoms with Gasteiger partial charge in [0.05, 0.1) is 23.0 Å². The molecule has 1 aromatic carbocycles. The van der Waals surface area contributed by atoms with Crippen molar-refractivity contribution in [3.05, 3.63) is 59.0 Å². The summed E-state index contributed by atoms with van der Waals surface area (Å²) < 4.78 is 0. The Hall–Kier alpha value is -2.82. The number of benzene rings is 1. The molecule has 0 aliphatic heterocycles. The van der Waals surface area contributed by atoms with Crippen molar-refractivity contribution in [3.63, 3.8) is 0 Å². The third kappa shape index (κ3) is 2.54. The Morgan fingerprint density at radius 3 is 2.96 bits per heavy atom. The highest BCUT2D eigenvalue weighted by Crippen LogP contribution is 2.30. The fourth-order valence-electron chi connectivity index (χ4n) is 3.26. The molecule has 2 heterocycles. The zero-order valence-electron chi connectivity index (χ0n) is 12.7. The van der Waals surface area contributed by atoms with Crippen molar-refractivity contribution in [2.45, 2.75) is 25.7 Å². The molecular weight excluding hydrogens is 288 g/mol. The van der Waals surface area contributed by atoms with Crippen LogP contribution in [-0.2, 0) is 12.8 Å². The van der Waals surface area contributed by atoms with Gasteiger partial charge in [0, 0.05) is 17.3 Å². The number of hydrazone groups is 1. The molecule has 23 heavy (non-hydrogen) atoms. The van der Waals surface area contributed by atoms with Crippen molar-refractivity contribution < 1.29 is 4.79 Å². The third-order valence-electron chi connectivity index (χ3n) is 4.37. The minimum atomic E-state index is -0.197. The largest absolute Gasteiger partial charge is 0.360 e. The molecule has 1 aliphatic carbocycles. The highest BCUT2D eigenvalue weighted by Gasteiger charge is 2.18. The maximum absolute atomic E-state index is 12.4. The number of rotatable bonds is 3. The molecule has 0 atom stereocenters. The average Bonchev–Trinajstić information content (AvgIpc) is 3.21. The number of aryl methyl sites for hydroxylation is 2. The number of carbonyl (C=O) groups is 1. The van der Waals surface area contributed by atoms with Gasteiger partial charge in [0.15, 0.2) is 0 Å². The van der Waals surface area contributed by atoms with Crippen LogP contribution in [0.1, 0.15) is 40.2 Å². The van der Waals surface area contributed by atoms with Gasteiger partial charge in [-0.1, -0.05) is 12.1 Å². The van der Waals surface area contributed by atoms with E-state index >= 15 is 0 Å². The Kier molecular flexibility index (Phi) is 3.46. The zero-order chi connectivity index (χ0) is 15.6. The molecule has 116 valence electrons. The van der Waals surface area contributed by atoms with E-state index in [-0.39, 0.29) is 5.91 Å². The second-order valence-electron chi connectivity index (χ2n) is 5.84. The molecule has 5 nitrogen and oxygen atoms in total. The average molecular weight is 306 g/mol. The second-order valence-corrected chi connectivity index (χ2v) is 5.84. The van der Waals surface area contributed by atoms with E-state index in [0.29, 0.717) is 5.56 Å². The topological polar surface area (TPSA) is 73.0 Å². The number of aromatic nitrogens is 2. The summed E-state index contributed by atoms with van der Waals surface area (Å²) in [5.41, 5.74) is 7.66. The third-order valence-corrected chi connectivity index (χ3v) is 4.37. The zero-order valence-corrected chi connectivity index (χ0v) is 12.7. The fourth-order valence-corrected chi connectivity index (χ4v) is 3.26. The molecular formula is C18H18N4O. The Morgan fingerprint density at radius 1 is 1.17 bits per heavy atom. The van der Waals surface area contributed by atoms with Gasteiger partial charge < -0.3 is 9.97 Å². The Labute approximate surface area is 133 Å². The second kappa shape index (κ2) is 5.76. The van der Waals surface area contributed by atoms with E-state index in [1.165, 1.54) is 29.5 Å².